The van der Waals surface area contributed by atoms with Gasteiger partial charge in [0, 0.05) is 13.2 Å². The highest BCUT2D eigenvalue weighted by Crippen LogP contribution is 2.17. The number of halogens is 1. The third-order valence-electron chi connectivity index (χ3n) is 1.60. The van der Waals surface area contributed by atoms with Crippen molar-refractivity contribution in [1.29, 1.82) is 0 Å². The minimum Gasteiger partial charge on any atom is -0.334 e. The van der Waals surface area contributed by atoms with E-state index in [-0.39, 0.29) is 0 Å². The van der Waals surface area contributed by atoms with Crippen molar-refractivity contribution in [2.24, 2.45) is 7.05 Å². The fraction of sp³-hybridized carbons (Fsp3) is 0.143. The smallest absolute Gasteiger partial charge is 0.156 e. The van der Waals surface area contributed by atoms with Gasteiger partial charge in [-0.05, 0) is 6.07 Å². The molecule has 2 rings (SSSR count). The largest absolute Gasteiger partial charge is 0.334 e. The molecular formula is C7H6ClN3. The highest BCUT2D eigenvalue weighted by atomic mass is 35.5. The summed E-state index contributed by atoms with van der Waals surface area (Å²) >= 11 is 5.78. The Bertz CT molecular complexity index is 393. The minimum atomic E-state index is 0.461. The average molecular weight is 168 g/mol. The number of hydrogen-bond donors (Lipinski definition) is 0. The van der Waals surface area contributed by atoms with Crippen LogP contribution in [0.25, 0.3) is 11.0 Å². The van der Waals surface area contributed by atoms with Crippen LogP contribution >= 0.6 is 11.6 Å². The highest BCUT2D eigenvalue weighted by molar-refractivity contribution is 6.33. The van der Waals surface area contributed by atoms with Crippen LogP contribution in [0.5, 0.6) is 0 Å². The van der Waals surface area contributed by atoms with Crippen molar-refractivity contribution in [2.45, 2.75) is 0 Å². The van der Waals surface area contributed by atoms with Gasteiger partial charge < -0.3 is 4.57 Å². The Labute approximate surface area is 68.6 Å². The van der Waals surface area contributed by atoms with Gasteiger partial charge in [-0.2, -0.15) is 0 Å². The molecule has 3 nitrogen and oxygen atoms in total. The van der Waals surface area contributed by atoms with Gasteiger partial charge >= 0.3 is 0 Å². The van der Waals surface area contributed by atoms with Gasteiger partial charge in [0.2, 0.25) is 0 Å². The zero-order chi connectivity index (χ0) is 7.84. The normalized spacial score (nSPS) is 10.7. The van der Waals surface area contributed by atoms with Gasteiger partial charge in [-0.25, -0.2) is 9.97 Å². The predicted molar refractivity (Wildman–Crippen MR) is 43.5 cm³/mol. The summed E-state index contributed by atoms with van der Waals surface area (Å²) in [4.78, 5) is 8.00. The van der Waals surface area contributed by atoms with Crippen molar-refractivity contribution in [3.63, 3.8) is 0 Å². The number of aryl methyl sites for hydroxylation is 1. The van der Waals surface area contributed by atoms with Gasteiger partial charge in [0.05, 0.1) is 11.8 Å². The molecular weight excluding hydrogens is 162 g/mol. The van der Waals surface area contributed by atoms with Gasteiger partial charge in [0.15, 0.2) is 5.15 Å². The first-order valence-electron chi connectivity index (χ1n) is 3.20. The molecule has 0 aliphatic heterocycles. The van der Waals surface area contributed by atoms with Gasteiger partial charge in [-0.15, -0.1) is 0 Å². The van der Waals surface area contributed by atoms with E-state index in [1.807, 2.05) is 17.7 Å². The zero-order valence-corrected chi connectivity index (χ0v) is 6.71. The summed E-state index contributed by atoms with van der Waals surface area (Å²) in [5.74, 6) is 0. The van der Waals surface area contributed by atoms with Crippen LogP contribution in [0.1, 0.15) is 0 Å². The molecule has 0 amide bonds. The van der Waals surface area contributed by atoms with E-state index in [9.17, 15) is 0 Å². The average Bonchev–Trinajstić information content (AvgIpc) is 2.35. The molecule has 0 atom stereocenters. The maximum atomic E-state index is 5.78. The highest BCUT2D eigenvalue weighted by Gasteiger charge is 2.02. The number of rotatable bonds is 0. The lowest BCUT2D eigenvalue weighted by Gasteiger charge is -1.92. The second kappa shape index (κ2) is 2.20. The van der Waals surface area contributed by atoms with Crippen LogP contribution in [0.15, 0.2) is 18.6 Å². The molecule has 0 aliphatic carbocycles. The summed E-state index contributed by atoms with van der Waals surface area (Å²) in [6, 6.07) is 1.88. The molecule has 0 saturated carbocycles. The van der Waals surface area contributed by atoms with Gasteiger partial charge in [-0.3, -0.25) is 0 Å². The Balaban J connectivity index is 2.94. The molecule has 0 saturated heterocycles. The number of nitrogens with zero attached hydrogens (tertiary/aromatic N) is 3. The molecule has 0 aromatic carbocycles. The van der Waals surface area contributed by atoms with Crippen LogP contribution in [0.3, 0.4) is 0 Å². The molecule has 0 spiro atoms. The number of pyridine rings is 1. The lowest BCUT2D eigenvalue weighted by atomic mass is 10.4. The fourth-order valence-corrected chi connectivity index (χ4v) is 1.23. The Kier molecular flexibility index (Phi) is 1.32. The first kappa shape index (κ1) is 6.61. The molecule has 11 heavy (non-hydrogen) atoms. The van der Waals surface area contributed by atoms with E-state index in [1.54, 1.807) is 12.5 Å². The van der Waals surface area contributed by atoms with Crippen LogP contribution in [-0.2, 0) is 7.05 Å². The second-order valence-electron chi connectivity index (χ2n) is 2.32. The maximum Gasteiger partial charge on any atom is 0.156 e. The Morgan fingerprint density at radius 1 is 1.45 bits per heavy atom. The van der Waals surface area contributed by atoms with Crippen LogP contribution in [0, 0.1) is 0 Å². The monoisotopic (exact) mass is 167 g/mol. The topological polar surface area (TPSA) is 30.7 Å². The van der Waals surface area contributed by atoms with E-state index in [0.29, 0.717) is 5.15 Å². The van der Waals surface area contributed by atoms with Crippen molar-refractivity contribution >= 4 is 22.6 Å². The number of hydrogen-bond acceptors (Lipinski definition) is 2. The summed E-state index contributed by atoms with van der Waals surface area (Å²) in [6.45, 7) is 0. The number of fused-ring (bicyclic) bond motifs is 1. The van der Waals surface area contributed by atoms with Gasteiger partial charge in [-0.1, -0.05) is 11.6 Å². The molecule has 2 aromatic rings. The lowest BCUT2D eigenvalue weighted by Crippen LogP contribution is -1.83. The van der Waals surface area contributed by atoms with E-state index in [2.05, 4.69) is 9.97 Å². The molecule has 2 heterocycles. The second-order valence-corrected chi connectivity index (χ2v) is 2.68. The molecule has 4 heteroatoms. The first-order valence-corrected chi connectivity index (χ1v) is 3.58. The summed E-state index contributed by atoms with van der Waals surface area (Å²) in [5.41, 5.74) is 1.77. The molecule has 56 valence electrons. The van der Waals surface area contributed by atoms with Crippen molar-refractivity contribution in [1.82, 2.24) is 14.5 Å². The van der Waals surface area contributed by atoms with Gasteiger partial charge in [0.1, 0.15) is 5.52 Å². The number of imidazole rings is 1. The van der Waals surface area contributed by atoms with Crippen LogP contribution in [0.4, 0.5) is 0 Å². The molecule has 0 radical (unpaired) electrons. The quantitative estimate of drug-likeness (QED) is 0.559. The van der Waals surface area contributed by atoms with E-state index in [1.165, 1.54) is 0 Å². The zero-order valence-electron chi connectivity index (χ0n) is 5.95. The Morgan fingerprint density at radius 3 is 3.00 bits per heavy atom. The number of aromatic nitrogens is 3. The first-order chi connectivity index (χ1) is 5.29. The van der Waals surface area contributed by atoms with E-state index in [0.717, 1.165) is 11.0 Å². The summed E-state index contributed by atoms with van der Waals surface area (Å²) in [6.07, 6.45) is 3.39. The van der Waals surface area contributed by atoms with E-state index < -0.39 is 0 Å². The Hall–Kier alpha value is -1.09. The molecule has 0 bridgehead atoms. The predicted octanol–water partition coefficient (Wildman–Crippen LogP) is 1.62. The van der Waals surface area contributed by atoms with Crippen molar-refractivity contribution < 1.29 is 0 Å². The lowest BCUT2D eigenvalue weighted by molar-refractivity contribution is 0.947. The van der Waals surface area contributed by atoms with Gasteiger partial charge in [0.25, 0.3) is 0 Å². The Morgan fingerprint density at radius 2 is 2.27 bits per heavy atom. The summed E-state index contributed by atoms with van der Waals surface area (Å²) < 4.78 is 1.91. The molecule has 0 unspecified atom stereocenters. The van der Waals surface area contributed by atoms with Crippen LogP contribution < -0.4 is 0 Å². The molecule has 2 aromatic heterocycles. The van der Waals surface area contributed by atoms with E-state index >= 15 is 0 Å². The van der Waals surface area contributed by atoms with Crippen LogP contribution in [0.2, 0.25) is 5.15 Å². The maximum absolute atomic E-state index is 5.78. The van der Waals surface area contributed by atoms with Crippen molar-refractivity contribution in [2.75, 3.05) is 0 Å². The minimum absolute atomic E-state index is 0.461. The third kappa shape index (κ3) is 0.886. The third-order valence-corrected chi connectivity index (χ3v) is 1.87. The van der Waals surface area contributed by atoms with Crippen LogP contribution in [-0.4, -0.2) is 14.5 Å². The summed E-state index contributed by atoms with van der Waals surface area (Å²) in [5, 5.41) is 0.461. The summed E-state index contributed by atoms with van der Waals surface area (Å²) in [7, 11) is 1.92. The van der Waals surface area contributed by atoms with Crippen molar-refractivity contribution in [3.8, 4) is 0 Å². The molecule has 0 N–H and O–H groups in total. The molecule has 0 aliphatic rings. The molecule has 0 fully saturated rings. The van der Waals surface area contributed by atoms with E-state index in [4.69, 9.17) is 11.6 Å². The van der Waals surface area contributed by atoms with Crippen molar-refractivity contribution in [3.05, 3.63) is 23.7 Å². The SMILES string of the molecule is Cn1cnc2c(Cl)nccc21. The standard InChI is InChI=1S/C7H6ClN3/c1-11-4-10-6-5(11)2-3-9-7(6)8/h2-4H,1H3. The fourth-order valence-electron chi connectivity index (χ4n) is 1.03.